The third-order valence-electron chi connectivity index (χ3n) is 4.35. The maximum atomic E-state index is 6.00. The molecule has 1 fully saturated rings. The van der Waals surface area contributed by atoms with Gasteiger partial charge in [-0.15, -0.1) is 0 Å². The zero-order valence-electron chi connectivity index (χ0n) is 11.7. The van der Waals surface area contributed by atoms with Crippen LogP contribution in [0.2, 0.25) is 0 Å². The Hall–Kier alpha value is -0.860. The van der Waals surface area contributed by atoms with E-state index < -0.39 is 0 Å². The number of hydrogen-bond donors (Lipinski definition) is 1. The highest BCUT2D eigenvalue weighted by Crippen LogP contribution is 2.27. The van der Waals surface area contributed by atoms with Crippen molar-refractivity contribution >= 4 is 0 Å². The molecule has 2 heteroatoms. The predicted molar refractivity (Wildman–Crippen MR) is 77.6 cm³/mol. The number of likely N-dealkylation sites (tertiary alicyclic amines) is 1. The van der Waals surface area contributed by atoms with Gasteiger partial charge in [0, 0.05) is 12.6 Å². The molecule has 2 nitrogen and oxygen atoms in total. The third kappa shape index (κ3) is 3.12. The Kier molecular flexibility index (Phi) is 4.79. The minimum Gasteiger partial charge on any atom is -0.329 e. The number of nitrogens with zero attached hydrogens (tertiary/aromatic N) is 1. The third-order valence-corrected chi connectivity index (χ3v) is 4.35. The number of benzene rings is 1. The number of rotatable bonds is 4. The summed E-state index contributed by atoms with van der Waals surface area (Å²) in [5, 5.41) is 0. The Morgan fingerprint density at radius 2 is 1.83 bits per heavy atom. The van der Waals surface area contributed by atoms with Crippen LogP contribution in [0, 0.1) is 12.8 Å². The van der Waals surface area contributed by atoms with Gasteiger partial charge in [0.15, 0.2) is 0 Å². The molecule has 0 spiro atoms. The Morgan fingerprint density at radius 1 is 1.22 bits per heavy atom. The Bertz CT molecular complexity index is 350. The van der Waals surface area contributed by atoms with E-state index in [1.165, 1.54) is 43.5 Å². The van der Waals surface area contributed by atoms with Crippen LogP contribution >= 0.6 is 0 Å². The van der Waals surface area contributed by atoms with Gasteiger partial charge in [-0.2, -0.15) is 0 Å². The molecule has 1 aromatic rings. The molecule has 2 N–H and O–H groups in total. The van der Waals surface area contributed by atoms with Gasteiger partial charge in [0.05, 0.1) is 0 Å². The molecule has 18 heavy (non-hydrogen) atoms. The average Bonchev–Trinajstić information content (AvgIpc) is 2.42. The lowest BCUT2D eigenvalue weighted by Gasteiger charge is -2.37. The summed E-state index contributed by atoms with van der Waals surface area (Å²) in [5.41, 5.74) is 8.69. The molecule has 1 aliphatic heterocycles. The van der Waals surface area contributed by atoms with Crippen molar-refractivity contribution in [1.29, 1.82) is 0 Å². The van der Waals surface area contributed by atoms with Crippen molar-refractivity contribution in [3.63, 3.8) is 0 Å². The second kappa shape index (κ2) is 6.35. The Balaban J connectivity index is 2.03. The molecule has 0 aromatic heterocycles. The number of piperidine rings is 1. The van der Waals surface area contributed by atoms with Crippen LogP contribution in [-0.4, -0.2) is 24.5 Å². The summed E-state index contributed by atoms with van der Waals surface area (Å²) in [4.78, 5) is 2.57. The Morgan fingerprint density at radius 3 is 2.33 bits per heavy atom. The summed E-state index contributed by atoms with van der Waals surface area (Å²) in [6.45, 7) is 7.57. The van der Waals surface area contributed by atoms with E-state index >= 15 is 0 Å². The van der Waals surface area contributed by atoms with Gasteiger partial charge in [-0.1, -0.05) is 43.2 Å². The van der Waals surface area contributed by atoms with Crippen molar-refractivity contribution in [2.45, 2.75) is 39.2 Å². The molecule has 1 unspecified atom stereocenters. The minimum absolute atomic E-state index is 0.406. The molecule has 1 saturated heterocycles. The molecule has 1 heterocycles. The van der Waals surface area contributed by atoms with Gasteiger partial charge in [-0.3, -0.25) is 4.90 Å². The smallest absolute Gasteiger partial charge is 0.0470 e. The van der Waals surface area contributed by atoms with Crippen LogP contribution < -0.4 is 5.73 Å². The van der Waals surface area contributed by atoms with E-state index in [4.69, 9.17) is 5.73 Å². The van der Waals surface area contributed by atoms with Crippen LogP contribution in [-0.2, 0) is 0 Å². The lowest BCUT2D eigenvalue weighted by Crippen LogP contribution is -2.39. The van der Waals surface area contributed by atoms with Crippen LogP contribution in [0.4, 0.5) is 0 Å². The second-order valence-corrected chi connectivity index (χ2v) is 5.55. The lowest BCUT2D eigenvalue weighted by molar-refractivity contribution is 0.134. The van der Waals surface area contributed by atoms with Crippen LogP contribution in [0.1, 0.15) is 43.4 Å². The molecule has 1 atom stereocenters. The fourth-order valence-corrected chi connectivity index (χ4v) is 2.96. The van der Waals surface area contributed by atoms with Gasteiger partial charge in [0.25, 0.3) is 0 Å². The van der Waals surface area contributed by atoms with E-state index in [-0.39, 0.29) is 0 Å². The molecule has 0 bridgehead atoms. The summed E-state index contributed by atoms with van der Waals surface area (Å²) >= 11 is 0. The quantitative estimate of drug-likeness (QED) is 0.884. The molecule has 0 aliphatic carbocycles. The molecule has 0 radical (unpaired) electrons. The van der Waals surface area contributed by atoms with E-state index in [1.54, 1.807) is 0 Å². The van der Waals surface area contributed by atoms with Crippen LogP contribution in [0.25, 0.3) is 0 Å². The fraction of sp³-hybridized carbons (Fsp3) is 0.625. The number of hydrogen-bond acceptors (Lipinski definition) is 2. The van der Waals surface area contributed by atoms with Crippen LogP contribution in [0.15, 0.2) is 24.3 Å². The van der Waals surface area contributed by atoms with Crippen LogP contribution in [0.5, 0.6) is 0 Å². The topological polar surface area (TPSA) is 29.3 Å². The van der Waals surface area contributed by atoms with Gasteiger partial charge in [-0.05, 0) is 44.3 Å². The van der Waals surface area contributed by atoms with Crippen LogP contribution in [0.3, 0.4) is 0 Å². The zero-order valence-corrected chi connectivity index (χ0v) is 11.7. The van der Waals surface area contributed by atoms with E-state index in [1.807, 2.05) is 0 Å². The minimum atomic E-state index is 0.406. The van der Waals surface area contributed by atoms with Crippen molar-refractivity contribution in [2.24, 2.45) is 11.7 Å². The van der Waals surface area contributed by atoms with Crippen molar-refractivity contribution < 1.29 is 0 Å². The first-order chi connectivity index (χ1) is 8.74. The van der Waals surface area contributed by atoms with Gasteiger partial charge < -0.3 is 5.73 Å². The van der Waals surface area contributed by atoms with E-state index in [9.17, 15) is 0 Å². The molecule has 0 amide bonds. The summed E-state index contributed by atoms with van der Waals surface area (Å²) in [6.07, 6.45) is 3.99. The molecule has 2 rings (SSSR count). The largest absolute Gasteiger partial charge is 0.329 e. The molecule has 1 aromatic carbocycles. The monoisotopic (exact) mass is 246 g/mol. The van der Waals surface area contributed by atoms with E-state index in [2.05, 4.69) is 43.0 Å². The zero-order chi connectivity index (χ0) is 13.0. The standard InChI is InChI=1S/C16H26N2/c1-3-14-8-10-18(11-9-14)16(12-17)15-6-4-13(2)5-7-15/h4-7,14,16H,3,8-12,17H2,1-2H3. The fourth-order valence-electron chi connectivity index (χ4n) is 2.96. The average molecular weight is 246 g/mol. The summed E-state index contributed by atoms with van der Waals surface area (Å²) in [5.74, 6) is 0.928. The Labute approximate surface area is 111 Å². The molecule has 1 aliphatic rings. The number of aryl methyl sites for hydroxylation is 1. The first kappa shape index (κ1) is 13.6. The summed E-state index contributed by atoms with van der Waals surface area (Å²) in [6, 6.07) is 9.26. The van der Waals surface area contributed by atoms with E-state index in [0.29, 0.717) is 6.04 Å². The maximum Gasteiger partial charge on any atom is 0.0470 e. The molecule has 100 valence electrons. The normalized spacial score (nSPS) is 19.9. The molecular weight excluding hydrogens is 220 g/mol. The maximum absolute atomic E-state index is 6.00. The lowest BCUT2D eigenvalue weighted by atomic mass is 9.92. The van der Waals surface area contributed by atoms with Crippen molar-refractivity contribution in [3.8, 4) is 0 Å². The van der Waals surface area contributed by atoms with Gasteiger partial charge in [-0.25, -0.2) is 0 Å². The highest BCUT2D eigenvalue weighted by Gasteiger charge is 2.24. The second-order valence-electron chi connectivity index (χ2n) is 5.55. The SMILES string of the molecule is CCC1CCN(C(CN)c2ccc(C)cc2)CC1. The van der Waals surface area contributed by atoms with Gasteiger partial charge in [0.2, 0.25) is 0 Å². The number of nitrogens with two attached hydrogens (primary N) is 1. The summed E-state index contributed by atoms with van der Waals surface area (Å²) in [7, 11) is 0. The summed E-state index contributed by atoms with van der Waals surface area (Å²) < 4.78 is 0. The van der Waals surface area contributed by atoms with E-state index in [0.717, 1.165) is 12.5 Å². The van der Waals surface area contributed by atoms with Crippen molar-refractivity contribution in [2.75, 3.05) is 19.6 Å². The van der Waals surface area contributed by atoms with Gasteiger partial charge >= 0.3 is 0 Å². The van der Waals surface area contributed by atoms with Gasteiger partial charge in [0.1, 0.15) is 0 Å². The predicted octanol–water partition coefficient (Wildman–Crippen LogP) is 3.12. The highest BCUT2D eigenvalue weighted by atomic mass is 15.2. The van der Waals surface area contributed by atoms with Crippen molar-refractivity contribution in [1.82, 2.24) is 4.90 Å². The molecule has 0 saturated carbocycles. The van der Waals surface area contributed by atoms with Crippen molar-refractivity contribution in [3.05, 3.63) is 35.4 Å². The first-order valence-corrected chi connectivity index (χ1v) is 7.25. The first-order valence-electron chi connectivity index (χ1n) is 7.25. The molecular formula is C16H26N2. The highest BCUT2D eigenvalue weighted by molar-refractivity contribution is 5.24.